The molecule has 0 bridgehead atoms. The Kier molecular flexibility index (Phi) is 6.25. The number of hydrogen-bond donors (Lipinski definition) is 2. The number of nitrogens with zero attached hydrogens (tertiary/aromatic N) is 4. The van der Waals surface area contributed by atoms with E-state index in [1.807, 2.05) is 12.3 Å². The van der Waals surface area contributed by atoms with Crippen molar-refractivity contribution in [3.05, 3.63) is 35.8 Å². The van der Waals surface area contributed by atoms with E-state index in [-0.39, 0.29) is 0 Å². The number of ether oxygens (including phenoxy) is 1. The summed E-state index contributed by atoms with van der Waals surface area (Å²) in [6.07, 6.45) is 5.94. The van der Waals surface area contributed by atoms with Crippen LogP contribution in [0.25, 0.3) is 5.65 Å². The summed E-state index contributed by atoms with van der Waals surface area (Å²) in [6, 6.07) is 4.11. The maximum Gasteiger partial charge on any atom is 0.188 e. The molecule has 1 saturated heterocycles. The third kappa shape index (κ3) is 5.17. The van der Waals surface area contributed by atoms with Crippen molar-refractivity contribution in [3.63, 3.8) is 0 Å². The predicted octanol–water partition coefficient (Wildman–Crippen LogP) is 0.812. The Bertz CT molecular complexity index is 705. The minimum atomic E-state index is 0.516. The van der Waals surface area contributed by atoms with Crippen LogP contribution < -0.4 is 11.1 Å². The normalized spacial score (nSPS) is 16.4. The predicted molar refractivity (Wildman–Crippen MR) is 100 cm³/mol. The molecule has 1 fully saturated rings. The Morgan fingerprint density at radius 3 is 3.04 bits per heavy atom. The maximum atomic E-state index is 5.94. The first-order valence-electron chi connectivity index (χ1n) is 8.99. The highest BCUT2D eigenvalue weighted by Crippen LogP contribution is 2.09. The van der Waals surface area contributed by atoms with E-state index in [4.69, 9.17) is 10.5 Å². The summed E-state index contributed by atoms with van der Waals surface area (Å²) in [4.78, 5) is 11.5. The average Bonchev–Trinajstić information content (AvgIpc) is 3.04. The van der Waals surface area contributed by atoms with E-state index in [1.165, 1.54) is 5.56 Å². The second kappa shape index (κ2) is 8.82. The number of hydrogen-bond acceptors (Lipinski definition) is 4. The standard InChI is InChI=1S/C18H28N6O/c1-15-4-2-9-24-14-16(22-17(15)24)5-7-21-18(19)20-6-3-8-23-10-12-25-13-11-23/h2,4,9,14H,3,5-8,10-13H2,1H3,(H3,19,20,21). The summed E-state index contributed by atoms with van der Waals surface area (Å²) < 4.78 is 7.41. The summed E-state index contributed by atoms with van der Waals surface area (Å²) in [7, 11) is 0. The molecule has 1 aliphatic heterocycles. The second-order valence-corrected chi connectivity index (χ2v) is 6.41. The molecule has 0 radical (unpaired) electrons. The Hall–Kier alpha value is -2.12. The number of imidazole rings is 1. The highest BCUT2D eigenvalue weighted by atomic mass is 16.5. The monoisotopic (exact) mass is 344 g/mol. The van der Waals surface area contributed by atoms with Crippen molar-refractivity contribution >= 4 is 11.6 Å². The van der Waals surface area contributed by atoms with Gasteiger partial charge in [0.15, 0.2) is 5.96 Å². The largest absolute Gasteiger partial charge is 0.379 e. The van der Waals surface area contributed by atoms with Gasteiger partial charge in [-0.3, -0.25) is 9.89 Å². The Labute approximate surface area is 148 Å². The van der Waals surface area contributed by atoms with Crippen LogP contribution >= 0.6 is 0 Å². The fraction of sp³-hybridized carbons (Fsp3) is 0.556. The van der Waals surface area contributed by atoms with Crippen LogP contribution in [-0.2, 0) is 11.2 Å². The first-order valence-corrected chi connectivity index (χ1v) is 8.99. The number of pyridine rings is 1. The lowest BCUT2D eigenvalue weighted by Gasteiger charge is -2.26. The maximum absolute atomic E-state index is 5.94. The lowest BCUT2D eigenvalue weighted by molar-refractivity contribution is 0.0377. The van der Waals surface area contributed by atoms with Crippen LogP contribution in [0.5, 0.6) is 0 Å². The fourth-order valence-corrected chi connectivity index (χ4v) is 3.02. The van der Waals surface area contributed by atoms with Crippen molar-refractivity contribution in [3.8, 4) is 0 Å². The van der Waals surface area contributed by atoms with Crippen LogP contribution in [0.3, 0.4) is 0 Å². The topological polar surface area (TPSA) is 80.2 Å². The van der Waals surface area contributed by atoms with Gasteiger partial charge in [-0.05, 0) is 25.0 Å². The Balaban J connectivity index is 1.36. The minimum Gasteiger partial charge on any atom is -0.379 e. The highest BCUT2D eigenvalue weighted by molar-refractivity contribution is 5.77. The highest BCUT2D eigenvalue weighted by Gasteiger charge is 2.09. The molecule has 2 aromatic rings. The molecule has 0 spiro atoms. The van der Waals surface area contributed by atoms with Crippen LogP contribution in [0.2, 0.25) is 0 Å². The minimum absolute atomic E-state index is 0.516. The van der Waals surface area contributed by atoms with Crippen molar-refractivity contribution in [1.82, 2.24) is 19.6 Å². The summed E-state index contributed by atoms with van der Waals surface area (Å²) in [5, 5.41) is 3.17. The van der Waals surface area contributed by atoms with Gasteiger partial charge in [0.25, 0.3) is 0 Å². The number of nitrogens with two attached hydrogens (primary N) is 1. The molecule has 3 N–H and O–H groups in total. The van der Waals surface area contributed by atoms with Crippen molar-refractivity contribution in [2.75, 3.05) is 45.9 Å². The van der Waals surface area contributed by atoms with Gasteiger partial charge in [0.1, 0.15) is 5.65 Å². The van der Waals surface area contributed by atoms with Gasteiger partial charge >= 0.3 is 0 Å². The van der Waals surface area contributed by atoms with Crippen LogP contribution in [0.1, 0.15) is 17.7 Å². The number of aryl methyl sites for hydroxylation is 1. The summed E-state index contributed by atoms with van der Waals surface area (Å²) in [5.74, 6) is 0.516. The molecule has 1 aliphatic rings. The molecule has 25 heavy (non-hydrogen) atoms. The number of nitrogens with one attached hydrogen (secondary N) is 1. The van der Waals surface area contributed by atoms with Gasteiger partial charge in [-0.15, -0.1) is 0 Å². The first kappa shape index (κ1) is 17.7. The third-order valence-electron chi connectivity index (χ3n) is 4.43. The molecule has 0 atom stereocenters. The van der Waals surface area contributed by atoms with Crippen molar-refractivity contribution < 1.29 is 4.74 Å². The number of aliphatic imine (C=N–C) groups is 1. The SMILES string of the molecule is Cc1cccn2cc(CCNC(N)=NCCCN3CCOCC3)nc12. The van der Waals surface area contributed by atoms with E-state index in [9.17, 15) is 0 Å². The van der Waals surface area contributed by atoms with Gasteiger partial charge < -0.3 is 20.2 Å². The van der Waals surface area contributed by atoms with Gasteiger partial charge in [-0.1, -0.05) is 6.07 Å². The van der Waals surface area contributed by atoms with Gasteiger partial charge in [0, 0.05) is 51.5 Å². The van der Waals surface area contributed by atoms with Crippen molar-refractivity contribution in [1.29, 1.82) is 0 Å². The molecule has 7 nitrogen and oxygen atoms in total. The van der Waals surface area contributed by atoms with Gasteiger partial charge in [0.2, 0.25) is 0 Å². The zero-order valence-corrected chi connectivity index (χ0v) is 14.9. The molecular weight excluding hydrogens is 316 g/mol. The van der Waals surface area contributed by atoms with E-state index in [0.717, 1.165) is 70.1 Å². The lowest BCUT2D eigenvalue weighted by atomic mass is 10.3. The quantitative estimate of drug-likeness (QED) is 0.441. The zero-order valence-electron chi connectivity index (χ0n) is 14.9. The van der Waals surface area contributed by atoms with Crippen LogP contribution in [0.4, 0.5) is 0 Å². The molecule has 0 saturated carbocycles. The van der Waals surface area contributed by atoms with E-state index in [2.05, 4.69) is 43.8 Å². The molecular formula is C18H28N6O. The molecule has 3 rings (SSSR count). The smallest absolute Gasteiger partial charge is 0.188 e. The van der Waals surface area contributed by atoms with Crippen LogP contribution in [0.15, 0.2) is 29.5 Å². The molecule has 0 aromatic carbocycles. The molecule has 2 aromatic heterocycles. The molecule has 0 unspecified atom stereocenters. The van der Waals surface area contributed by atoms with Crippen LogP contribution in [-0.4, -0.2) is 66.2 Å². The molecule has 0 aliphatic carbocycles. The van der Waals surface area contributed by atoms with E-state index in [1.54, 1.807) is 0 Å². The number of rotatable bonds is 7. The Morgan fingerprint density at radius 1 is 1.40 bits per heavy atom. The molecule has 3 heterocycles. The summed E-state index contributed by atoms with van der Waals surface area (Å²) in [6.45, 7) is 8.36. The van der Waals surface area contributed by atoms with Crippen molar-refractivity contribution in [2.24, 2.45) is 10.7 Å². The lowest BCUT2D eigenvalue weighted by Crippen LogP contribution is -2.37. The van der Waals surface area contributed by atoms with Gasteiger partial charge in [-0.2, -0.15) is 0 Å². The van der Waals surface area contributed by atoms with Gasteiger partial charge in [-0.25, -0.2) is 4.98 Å². The van der Waals surface area contributed by atoms with E-state index in [0.29, 0.717) is 5.96 Å². The third-order valence-corrected chi connectivity index (χ3v) is 4.43. The van der Waals surface area contributed by atoms with E-state index < -0.39 is 0 Å². The molecule has 0 amide bonds. The Morgan fingerprint density at radius 2 is 2.24 bits per heavy atom. The van der Waals surface area contributed by atoms with Crippen molar-refractivity contribution in [2.45, 2.75) is 19.8 Å². The number of guanidine groups is 1. The summed E-state index contributed by atoms with van der Waals surface area (Å²) >= 11 is 0. The number of morpholine rings is 1. The first-order chi connectivity index (χ1) is 12.2. The van der Waals surface area contributed by atoms with Gasteiger partial charge in [0.05, 0.1) is 18.9 Å². The molecule has 7 heteroatoms. The number of aromatic nitrogens is 2. The zero-order chi connectivity index (χ0) is 17.5. The summed E-state index contributed by atoms with van der Waals surface area (Å²) in [5.41, 5.74) is 9.19. The molecule has 136 valence electrons. The van der Waals surface area contributed by atoms with Crippen LogP contribution in [0, 0.1) is 6.92 Å². The second-order valence-electron chi connectivity index (χ2n) is 6.41. The number of fused-ring (bicyclic) bond motifs is 1. The average molecular weight is 344 g/mol. The fourth-order valence-electron chi connectivity index (χ4n) is 3.02. The van der Waals surface area contributed by atoms with E-state index >= 15 is 0 Å².